The first-order valence-corrected chi connectivity index (χ1v) is 11.1. The molecule has 0 aromatic heterocycles. The maximum Gasteiger partial charge on any atom is 0.255 e. The minimum atomic E-state index is -1.85. The van der Waals surface area contributed by atoms with E-state index in [4.69, 9.17) is 12.2 Å². The van der Waals surface area contributed by atoms with E-state index in [1.54, 1.807) is 18.2 Å². The van der Waals surface area contributed by atoms with Crippen molar-refractivity contribution in [2.24, 2.45) is 0 Å². The highest BCUT2D eigenvalue weighted by atomic mass is 16.5. The number of amides is 4. The van der Waals surface area contributed by atoms with Gasteiger partial charge in [0.05, 0.1) is 15.8 Å². The van der Waals surface area contributed by atoms with Crippen molar-refractivity contribution >= 4 is 23.6 Å². The Morgan fingerprint density at radius 3 is 2.68 bits per heavy atom. The van der Waals surface area contributed by atoms with Gasteiger partial charge in [0.2, 0.25) is 17.7 Å². The minimum Gasteiger partial charge on any atom is -0.489 e. The van der Waals surface area contributed by atoms with Crippen LogP contribution in [0.15, 0.2) is 42.5 Å². The number of hydrogen-bond donors (Lipinski definition) is 1. The fourth-order valence-electron chi connectivity index (χ4n) is 4.37. The van der Waals surface area contributed by atoms with Crippen LogP contribution < -0.4 is 10.1 Å². The molecule has 0 bridgehead atoms. The minimum absolute atomic E-state index is 0.121. The van der Waals surface area contributed by atoms with E-state index < -0.39 is 18.5 Å². The van der Waals surface area contributed by atoms with Gasteiger partial charge in [0, 0.05) is 30.6 Å². The van der Waals surface area contributed by atoms with Gasteiger partial charge in [0.15, 0.2) is 0 Å². The first-order chi connectivity index (χ1) is 17.2. The van der Waals surface area contributed by atoms with Crippen LogP contribution in [0, 0.1) is 0 Å². The molecule has 0 spiro atoms. The second-order valence-electron chi connectivity index (χ2n) is 8.47. The number of carbonyl (C=O) groups is 4. The van der Waals surface area contributed by atoms with Gasteiger partial charge in [-0.25, -0.2) is 0 Å². The number of nitrogens with zero attached hydrogens (tertiary/aromatic N) is 2. The molecule has 3 heterocycles. The highest BCUT2D eigenvalue weighted by molar-refractivity contribution is 6.05. The van der Waals surface area contributed by atoms with Crippen LogP contribution in [0.5, 0.6) is 5.75 Å². The quantitative estimate of drug-likeness (QED) is 0.647. The molecule has 3 aliphatic heterocycles. The summed E-state index contributed by atoms with van der Waals surface area (Å²) < 4.78 is 26.4. The van der Waals surface area contributed by atoms with E-state index in [1.165, 1.54) is 9.80 Å². The Balaban J connectivity index is 1.22. The molecule has 2 aromatic carbocycles. The van der Waals surface area contributed by atoms with Gasteiger partial charge < -0.3 is 19.3 Å². The normalized spacial score (nSPS) is 22.8. The first kappa shape index (κ1) is 19.7. The number of morpholine rings is 1. The van der Waals surface area contributed by atoms with E-state index in [-0.39, 0.29) is 57.0 Å². The number of carbonyl (C=O) groups excluding carboxylic acids is 4. The summed E-state index contributed by atoms with van der Waals surface area (Å²) in [5.41, 5.74) is 2.94. The molecule has 2 fully saturated rings. The molecule has 2 aromatic rings. The topological polar surface area (TPSA) is 105 Å². The zero-order valence-corrected chi connectivity index (χ0v) is 18.4. The van der Waals surface area contributed by atoms with Crippen molar-refractivity contribution in [2.45, 2.75) is 38.6 Å². The van der Waals surface area contributed by atoms with Crippen molar-refractivity contribution in [1.82, 2.24) is 15.1 Å². The summed E-state index contributed by atoms with van der Waals surface area (Å²) in [6.45, 7) is -1.48. The van der Waals surface area contributed by atoms with Crippen molar-refractivity contribution in [3.63, 3.8) is 0 Å². The molecule has 0 aliphatic carbocycles. The summed E-state index contributed by atoms with van der Waals surface area (Å²) >= 11 is 0. The van der Waals surface area contributed by atoms with Gasteiger partial charge in [-0.05, 0) is 29.7 Å². The molecule has 1 N–H and O–H groups in total. The second kappa shape index (κ2) is 9.26. The zero-order valence-electron chi connectivity index (χ0n) is 20.4. The first-order valence-electron chi connectivity index (χ1n) is 12.1. The number of rotatable bonds is 6. The third-order valence-electron chi connectivity index (χ3n) is 6.24. The maximum atomic E-state index is 13.0. The number of piperidine rings is 1. The molecule has 176 valence electrons. The molecule has 0 radical (unpaired) electrons. The van der Waals surface area contributed by atoms with E-state index in [0.717, 1.165) is 11.1 Å². The Kier molecular flexibility index (Phi) is 5.37. The van der Waals surface area contributed by atoms with E-state index in [2.05, 4.69) is 5.32 Å². The van der Waals surface area contributed by atoms with E-state index in [1.807, 2.05) is 24.3 Å². The zero-order chi connectivity index (χ0) is 25.4. The maximum absolute atomic E-state index is 13.0. The van der Waals surface area contributed by atoms with Crippen molar-refractivity contribution in [3.8, 4) is 5.75 Å². The molecule has 4 amide bonds. The summed E-state index contributed by atoms with van der Waals surface area (Å²) in [4.78, 5) is 51.7. The van der Waals surface area contributed by atoms with Crippen LogP contribution in [-0.4, -0.2) is 59.2 Å². The predicted octanol–water partition coefficient (Wildman–Crippen LogP) is 1.39. The number of imide groups is 1. The Hall–Kier alpha value is -3.72. The summed E-state index contributed by atoms with van der Waals surface area (Å²) in [5.74, 6) is -0.730. The molecular weight excluding hydrogens is 438 g/mol. The molecule has 3 aliphatic rings. The standard InChI is InChI=1S/C25H25N3O6/c29-22-9-8-20(24(31)26-22)28-13-19-18(25(28)32)2-1-3-21(19)34-14-17-6-4-16(5-7-17)12-27-10-11-33-15-23(27)30/h1-7,20H,8-15H2,(H,26,29,31)/i11D2. The SMILES string of the molecule is [2H]C1([2H])CN(Cc2ccc(COc3cccc4c3CN(C3CCC(=O)NC3=O)C4=O)cc2)C(=O)CO1. The number of hydrogen-bond acceptors (Lipinski definition) is 6. The van der Waals surface area contributed by atoms with Gasteiger partial charge in [-0.3, -0.25) is 24.5 Å². The third kappa shape index (κ3) is 4.38. The lowest BCUT2D eigenvalue weighted by Gasteiger charge is -2.29. The van der Waals surface area contributed by atoms with E-state index in [0.29, 0.717) is 23.3 Å². The molecule has 1 unspecified atom stereocenters. The van der Waals surface area contributed by atoms with Crippen LogP contribution in [0.25, 0.3) is 0 Å². The molecule has 1 atom stereocenters. The number of fused-ring (bicyclic) bond motifs is 1. The van der Waals surface area contributed by atoms with Crippen molar-refractivity contribution in [3.05, 3.63) is 64.7 Å². The average molecular weight is 466 g/mol. The van der Waals surface area contributed by atoms with Gasteiger partial charge in [0.25, 0.3) is 5.91 Å². The highest BCUT2D eigenvalue weighted by Crippen LogP contribution is 2.34. The predicted molar refractivity (Wildman–Crippen MR) is 119 cm³/mol. The van der Waals surface area contributed by atoms with Crippen LogP contribution in [0.1, 0.15) is 42.6 Å². The average Bonchev–Trinajstić information content (AvgIpc) is 3.18. The third-order valence-corrected chi connectivity index (χ3v) is 6.24. The Labute approximate surface area is 199 Å². The lowest BCUT2D eigenvalue weighted by molar-refractivity contribution is -0.143. The molecule has 9 nitrogen and oxygen atoms in total. The summed E-state index contributed by atoms with van der Waals surface area (Å²) in [6, 6.07) is 12.0. The molecule has 0 saturated carbocycles. The monoisotopic (exact) mass is 465 g/mol. The van der Waals surface area contributed by atoms with Crippen LogP contribution >= 0.6 is 0 Å². The Bertz CT molecular complexity index is 1230. The van der Waals surface area contributed by atoms with Gasteiger partial charge in [-0.1, -0.05) is 30.3 Å². The summed E-state index contributed by atoms with van der Waals surface area (Å²) in [5, 5.41) is 2.30. The number of benzene rings is 2. The molecule has 2 saturated heterocycles. The number of ether oxygens (including phenoxy) is 2. The molecular formula is C25H25N3O6. The van der Waals surface area contributed by atoms with E-state index in [9.17, 15) is 19.2 Å². The van der Waals surface area contributed by atoms with Crippen molar-refractivity contribution in [2.75, 3.05) is 19.7 Å². The van der Waals surface area contributed by atoms with Crippen LogP contribution in [-0.2, 0) is 38.8 Å². The molecule has 9 heteroatoms. The van der Waals surface area contributed by atoms with Gasteiger partial charge >= 0.3 is 0 Å². The molecule has 34 heavy (non-hydrogen) atoms. The fraction of sp³-hybridized carbons (Fsp3) is 0.360. The van der Waals surface area contributed by atoms with Gasteiger partial charge in [0.1, 0.15) is 25.0 Å². The van der Waals surface area contributed by atoms with Crippen LogP contribution in [0.2, 0.25) is 0 Å². The summed E-state index contributed by atoms with van der Waals surface area (Å²) in [7, 11) is 0. The van der Waals surface area contributed by atoms with Crippen LogP contribution in [0.3, 0.4) is 0 Å². The Morgan fingerprint density at radius 1 is 1.09 bits per heavy atom. The Morgan fingerprint density at radius 2 is 1.88 bits per heavy atom. The highest BCUT2D eigenvalue weighted by Gasteiger charge is 2.40. The van der Waals surface area contributed by atoms with Gasteiger partial charge in [-0.15, -0.1) is 0 Å². The van der Waals surface area contributed by atoms with Crippen molar-refractivity contribution in [1.29, 1.82) is 0 Å². The lowest BCUT2D eigenvalue weighted by Crippen LogP contribution is -2.52. The number of nitrogens with one attached hydrogen (secondary N) is 1. The van der Waals surface area contributed by atoms with E-state index >= 15 is 0 Å². The van der Waals surface area contributed by atoms with Crippen LogP contribution in [0.4, 0.5) is 0 Å². The second-order valence-corrected chi connectivity index (χ2v) is 8.47. The lowest BCUT2D eigenvalue weighted by atomic mass is 10.0. The fourth-order valence-corrected chi connectivity index (χ4v) is 4.37. The van der Waals surface area contributed by atoms with Crippen molar-refractivity contribution < 1.29 is 31.4 Å². The largest absolute Gasteiger partial charge is 0.489 e. The molecule has 5 rings (SSSR count). The smallest absolute Gasteiger partial charge is 0.255 e. The van der Waals surface area contributed by atoms with Gasteiger partial charge in [-0.2, -0.15) is 0 Å². The summed E-state index contributed by atoms with van der Waals surface area (Å²) in [6.07, 6.45) is 0.496.